The Balaban J connectivity index is 3.39. The molecule has 0 aliphatic rings. The zero-order chi connectivity index (χ0) is 10.9. The smallest absolute Gasteiger partial charge is 0.0720 e. The summed E-state index contributed by atoms with van der Waals surface area (Å²) >= 11 is 0. The van der Waals surface area contributed by atoms with Crippen molar-refractivity contribution < 1.29 is 19.8 Å². The summed E-state index contributed by atoms with van der Waals surface area (Å²) in [5.41, 5.74) is 0.744. The summed E-state index contributed by atoms with van der Waals surface area (Å²) in [5, 5.41) is 21.2. The van der Waals surface area contributed by atoms with Gasteiger partial charge in [0.2, 0.25) is 0 Å². The lowest BCUT2D eigenvalue weighted by Crippen LogP contribution is -2.26. The highest BCUT2D eigenvalue weighted by molar-refractivity contribution is 5.93. The van der Waals surface area contributed by atoms with Gasteiger partial charge in [0.1, 0.15) is 0 Å². The van der Waals surface area contributed by atoms with Crippen molar-refractivity contribution in [3.63, 3.8) is 0 Å². The zero-order valence-corrected chi connectivity index (χ0v) is 7.79. The number of carbonyl (C=O) groups is 2. The molecule has 1 rings (SSSR count). The third kappa shape index (κ3) is 1.74. The normalized spacial score (nSPS) is 9.86. The van der Waals surface area contributed by atoms with Gasteiger partial charge in [-0.1, -0.05) is 0 Å². The van der Waals surface area contributed by atoms with E-state index in [0.717, 1.165) is 0 Å². The number of rotatable bonds is 2. The third-order valence-electron chi connectivity index (χ3n) is 1.97. The van der Waals surface area contributed by atoms with E-state index in [2.05, 4.69) is 0 Å². The molecule has 4 nitrogen and oxygen atoms in total. The highest BCUT2D eigenvalue weighted by Gasteiger charge is 2.06. The van der Waals surface area contributed by atoms with E-state index in [4.69, 9.17) is 0 Å². The van der Waals surface area contributed by atoms with Gasteiger partial charge in [-0.3, -0.25) is 0 Å². The van der Waals surface area contributed by atoms with E-state index in [1.807, 2.05) is 0 Å². The van der Waals surface area contributed by atoms with Gasteiger partial charge in [-0.05, 0) is 42.7 Å². The highest BCUT2D eigenvalue weighted by Crippen LogP contribution is 2.15. The van der Waals surface area contributed by atoms with E-state index < -0.39 is 11.9 Å². The molecule has 4 heteroatoms. The summed E-state index contributed by atoms with van der Waals surface area (Å²) in [4.78, 5) is 21.2. The minimum Gasteiger partial charge on any atom is -0.545 e. The van der Waals surface area contributed by atoms with Crippen LogP contribution in [-0.4, -0.2) is 11.9 Å². The van der Waals surface area contributed by atoms with Gasteiger partial charge in [0.15, 0.2) is 0 Å². The highest BCUT2D eigenvalue weighted by atomic mass is 16.4. The molecule has 0 radical (unpaired) electrons. The molecule has 0 aliphatic heterocycles. The van der Waals surface area contributed by atoms with Crippen LogP contribution < -0.4 is 10.2 Å². The van der Waals surface area contributed by atoms with Gasteiger partial charge in [-0.2, -0.15) is 0 Å². The van der Waals surface area contributed by atoms with Crippen molar-refractivity contribution in [2.45, 2.75) is 13.8 Å². The number of aryl methyl sites for hydroxylation is 2. The number of aromatic carboxylic acids is 2. The number of carboxylic acids is 2. The summed E-state index contributed by atoms with van der Waals surface area (Å²) in [6.07, 6.45) is 0. The van der Waals surface area contributed by atoms with E-state index in [9.17, 15) is 19.8 Å². The molecule has 0 unspecified atom stereocenters. The van der Waals surface area contributed by atoms with Crippen molar-refractivity contribution in [1.29, 1.82) is 0 Å². The first-order valence-electron chi connectivity index (χ1n) is 3.97. The van der Waals surface area contributed by atoms with Gasteiger partial charge in [0, 0.05) is 5.56 Å². The molecular weight excluding hydrogens is 184 g/mol. The molecule has 1 aromatic carbocycles. The lowest BCUT2D eigenvalue weighted by molar-refractivity contribution is -0.256. The fraction of sp³-hybridized carbons (Fsp3) is 0.200. The number of hydrogen-bond acceptors (Lipinski definition) is 4. The average molecular weight is 192 g/mol. The zero-order valence-electron chi connectivity index (χ0n) is 7.79. The summed E-state index contributed by atoms with van der Waals surface area (Å²) in [6, 6.07) is 2.51. The van der Waals surface area contributed by atoms with Crippen LogP contribution in [-0.2, 0) is 0 Å². The van der Waals surface area contributed by atoms with Crippen molar-refractivity contribution in [3.05, 3.63) is 34.4 Å². The maximum Gasteiger partial charge on any atom is 0.0720 e. The standard InChI is InChI=1S/C10H10O4/c1-5-3-7(9(11)12)4-6(2)8(5)10(13)14/h3-4H,1-2H3,(H,11,12)(H,13,14)/p-2. The van der Waals surface area contributed by atoms with Gasteiger partial charge < -0.3 is 19.8 Å². The third-order valence-corrected chi connectivity index (χ3v) is 1.97. The fourth-order valence-electron chi connectivity index (χ4n) is 1.40. The molecule has 0 aliphatic carbocycles. The predicted molar refractivity (Wildman–Crippen MR) is 44.6 cm³/mol. The van der Waals surface area contributed by atoms with Gasteiger partial charge in [-0.25, -0.2) is 0 Å². The van der Waals surface area contributed by atoms with Crippen molar-refractivity contribution in [2.24, 2.45) is 0 Å². The van der Waals surface area contributed by atoms with Crippen LogP contribution in [0.2, 0.25) is 0 Å². The number of carbonyl (C=O) groups excluding carboxylic acids is 2. The minimum absolute atomic E-state index is 0.0231. The number of hydrogen-bond donors (Lipinski definition) is 0. The second-order valence-electron chi connectivity index (χ2n) is 3.06. The van der Waals surface area contributed by atoms with Crippen molar-refractivity contribution in [2.75, 3.05) is 0 Å². The van der Waals surface area contributed by atoms with Crippen LogP contribution in [0.4, 0.5) is 0 Å². The molecule has 14 heavy (non-hydrogen) atoms. The van der Waals surface area contributed by atoms with Gasteiger partial charge in [0.05, 0.1) is 11.9 Å². The Morgan fingerprint density at radius 1 is 1.00 bits per heavy atom. The number of benzene rings is 1. The Morgan fingerprint density at radius 3 is 1.71 bits per heavy atom. The van der Waals surface area contributed by atoms with E-state index in [1.54, 1.807) is 0 Å². The minimum atomic E-state index is -1.32. The molecule has 0 fully saturated rings. The van der Waals surface area contributed by atoms with Crippen LogP contribution in [0.5, 0.6) is 0 Å². The van der Waals surface area contributed by atoms with E-state index in [0.29, 0.717) is 11.1 Å². The maximum absolute atomic E-state index is 10.6. The Bertz CT molecular complexity index is 384. The molecule has 0 N–H and O–H groups in total. The second-order valence-corrected chi connectivity index (χ2v) is 3.06. The quantitative estimate of drug-likeness (QED) is 0.603. The maximum atomic E-state index is 10.6. The molecule has 0 spiro atoms. The summed E-state index contributed by atoms with van der Waals surface area (Å²) in [5.74, 6) is -2.62. The fourth-order valence-corrected chi connectivity index (χ4v) is 1.40. The lowest BCUT2D eigenvalue weighted by Gasteiger charge is -2.13. The van der Waals surface area contributed by atoms with E-state index >= 15 is 0 Å². The van der Waals surface area contributed by atoms with Crippen LogP contribution in [0.25, 0.3) is 0 Å². The topological polar surface area (TPSA) is 80.3 Å². The molecule has 0 saturated carbocycles. The molecule has 1 aromatic rings. The average Bonchev–Trinajstić information content (AvgIpc) is 2.01. The monoisotopic (exact) mass is 192 g/mol. The first-order chi connectivity index (χ1) is 6.43. The Hall–Kier alpha value is -1.84. The van der Waals surface area contributed by atoms with Gasteiger partial charge in [0.25, 0.3) is 0 Å². The molecule has 0 amide bonds. The largest absolute Gasteiger partial charge is 0.545 e. The SMILES string of the molecule is Cc1cc(C(=O)[O-])cc(C)c1C(=O)[O-]. The molecule has 0 bridgehead atoms. The number of carboxylic acid groups (broad SMARTS) is 2. The molecule has 0 aromatic heterocycles. The molecule has 0 heterocycles. The first-order valence-corrected chi connectivity index (χ1v) is 3.97. The molecule has 0 saturated heterocycles. The van der Waals surface area contributed by atoms with Crippen LogP contribution in [0, 0.1) is 13.8 Å². The van der Waals surface area contributed by atoms with E-state index in [1.165, 1.54) is 26.0 Å². The molecular formula is C10H8O4-2. The Morgan fingerprint density at radius 2 is 1.43 bits per heavy atom. The summed E-state index contributed by atoms with van der Waals surface area (Å²) < 4.78 is 0. The lowest BCUT2D eigenvalue weighted by atomic mass is 9.99. The van der Waals surface area contributed by atoms with Gasteiger partial charge >= 0.3 is 0 Å². The van der Waals surface area contributed by atoms with Crippen LogP contribution in [0.3, 0.4) is 0 Å². The van der Waals surface area contributed by atoms with Crippen molar-refractivity contribution >= 4 is 11.9 Å². The summed E-state index contributed by atoms with van der Waals surface area (Å²) in [7, 11) is 0. The summed E-state index contributed by atoms with van der Waals surface area (Å²) in [6.45, 7) is 3.04. The van der Waals surface area contributed by atoms with Crippen LogP contribution >= 0.6 is 0 Å². The van der Waals surface area contributed by atoms with Crippen LogP contribution in [0.15, 0.2) is 12.1 Å². The van der Waals surface area contributed by atoms with Crippen LogP contribution in [0.1, 0.15) is 31.8 Å². The van der Waals surface area contributed by atoms with Gasteiger partial charge in [-0.15, -0.1) is 0 Å². The first kappa shape index (κ1) is 10.2. The predicted octanol–water partition coefficient (Wildman–Crippen LogP) is -0.970. The Labute approximate surface area is 80.8 Å². The molecule has 0 atom stereocenters. The van der Waals surface area contributed by atoms with Crippen molar-refractivity contribution in [1.82, 2.24) is 0 Å². The second kappa shape index (κ2) is 3.49. The van der Waals surface area contributed by atoms with E-state index in [-0.39, 0.29) is 11.1 Å². The molecule has 74 valence electrons. The van der Waals surface area contributed by atoms with Crippen molar-refractivity contribution in [3.8, 4) is 0 Å². The Kier molecular flexibility index (Phi) is 2.56.